The van der Waals surface area contributed by atoms with Crippen LogP contribution in [0.3, 0.4) is 0 Å². The summed E-state index contributed by atoms with van der Waals surface area (Å²) in [5.74, 6) is 0.810. The molecule has 2 aliphatic rings. The Kier molecular flexibility index (Phi) is 2.59. The summed E-state index contributed by atoms with van der Waals surface area (Å²) < 4.78 is 11.5. The summed E-state index contributed by atoms with van der Waals surface area (Å²) in [4.78, 5) is 11.0. The van der Waals surface area contributed by atoms with E-state index in [1.165, 1.54) is 0 Å². The lowest BCUT2D eigenvalue weighted by Gasteiger charge is -2.42. The first-order valence-electron chi connectivity index (χ1n) is 6.01. The Balaban J connectivity index is 1.97. The van der Waals surface area contributed by atoms with Crippen molar-refractivity contribution in [3.05, 3.63) is 34.7 Å². The average Bonchev–Trinajstić information content (AvgIpc) is 2.38. The van der Waals surface area contributed by atoms with Gasteiger partial charge in [0.25, 0.3) is 0 Å². The summed E-state index contributed by atoms with van der Waals surface area (Å²) in [6, 6.07) is 7.41. The van der Waals surface area contributed by atoms with Crippen molar-refractivity contribution in [3.8, 4) is 5.75 Å². The molecule has 1 atom stereocenters. The average molecular weight is 233 g/mol. The van der Waals surface area contributed by atoms with Gasteiger partial charge in [-0.3, -0.25) is 0 Å². The van der Waals surface area contributed by atoms with E-state index in [0.29, 0.717) is 19.6 Å². The predicted molar refractivity (Wildman–Crippen MR) is 63.0 cm³/mol. The highest BCUT2D eigenvalue weighted by Crippen LogP contribution is 2.45. The Labute approximate surface area is 99.9 Å². The second-order valence-corrected chi connectivity index (χ2v) is 4.76. The molecule has 3 rings (SSSR count). The first-order valence-corrected chi connectivity index (χ1v) is 6.01. The summed E-state index contributed by atoms with van der Waals surface area (Å²) in [6.07, 6.45) is 2.36. The van der Waals surface area contributed by atoms with Gasteiger partial charge in [0.2, 0.25) is 0 Å². The van der Waals surface area contributed by atoms with Crippen molar-refractivity contribution >= 4 is 0 Å². The third kappa shape index (κ3) is 1.82. The van der Waals surface area contributed by atoms with Crippen LogP contribution in [-0.2, 0) is 4.74 Å². The number of rotatable bonds is 1. The smallest absolute Gasteiger partial charge is 0.125 e. The number of hydrogen-bond donors (Lipinski definition) is 0. The Morgan fingerprint density at radius 1 is 1.24 bits per heavy atom. The van der Waals surface area contributed by atoms with Crippen molar-refractivity contribution in [3.63, 3.8) is 0 Å². The van der Waals surface area contributed by atoms with Gasteiger partial charge in [-0.05, 0) is 6.07 Å². The normalized spacial score (nSPS) is 26.0. The van der Waals surface area contributed by atoms with Crippen LogP contribution in [0.1, 0.15) is 30.9 Å². The van der Waals surface area contributed by atoms with Gasteiger partial charge >= 0.3 is 0 Å². The molecule has 0 N–H and O–H groups in total. The van der Waals surface area contributed by atoms with Crippen LogP contribution in [0.4, 0.5) is 0 Å². The second kappa shape index (κ2) is 4.11. The molecule has 2 heterocycles. The van der Waals surface area contributed by atoms with Gasteiger partial charge in [-0.2, -0.15) is 4.91 Å². The summed E-state index contributed by atoms with van der Waals surface area (Å²) >= 11 is 0. The van der Waals surface area contributed by atoms with E-state index < -0.39 is 0 Å². The molecule has 0 aromatic heterocycles. The van der Waals surface area contributed by atoms with Gasteiger partial charge in [0.1, 0.15) is 17.4 Å². The van der Waals surface area contributed by atoms with Gasteiger partial charge in [0.15, 0.2) is 0 Å². The molecule has 1 saturated heterocycles. The van der Waals surface area contributed by atoms with Crippen molar-refractivity contribution in [1.29, 1.82) is 0 Å². The van der Waals surface area contributed by atoms with Crippen LogP contribution in [-0.4, -0.2) is 18.8 Å². The Bertz CT molecular complexity index is 426. The molecule has 2 aliphatic heterocycles. The van der Waals surface area contributed by atoms with Crippen LogP contribution in [0.25, 0.3) is 0 Å². The molecule has 4 nitrogen and oxygen atoms in total. The molecule has 0 bridgehead atoms. The fourth-order valence-corrected chi connectivity index (χ4v) is 2.73. The molecule has 0 amide bonds. The summed E-state index contributed by atoms with van der Waals surface area (Å²) in [5.41, 5.74) is 0.671. The minimum atomic E-state index is -0.280. The molecule has 1 unspecified atom stereocenters. The maximum Gasteiger partial charge on any atom is 0.125 e. The lowest BCUT2D eigenvalue weighted by Crippen LogP contribution is -2.45. The standard InChI is InChI=1S/C13H15NO3/c15-14-11-9-13(5-7-16-8-6-13)17-12-4-2-1-3-10(11)12/h1-4,11H,5-9H2. The molecule has 0 aliphatic carbocycles. The molecule has 17 heavy (non-hydrogen) atoms. The van der Waals surface area contributed by atoms with E-state index >= 15 is 0 Å². The highest BCUT2D eigenvalue weighted by Gasteiger charge is 2.42. The van der Waals surface area contributed by atoms with Gasteiger partial charge in [-0.15, -0.1) is 0 Å². The van der Waals surface area contributed by atoms with E-state index in [2.05, 4.69) is 5.18 Å². The van der Waals surface area contributed by atoms with E-state index in [0.717, 1.165) is 24.2 Å². The maximum absolute atomic E-state index is 11.0. The van der Waals surface area contributed by atoms with E-state index in [9.17, 15) is 4.91 Å². The van der Waals surface area contributed by atoms with E-state index in [1.54, 1.807) is 0 Å². The van der Waals surface area contributed by atoms with Crippen molar-refractivity contribution in [1.82, 2.24) is 0 Å². The van der Waals surface area contributed by atoms with E-state index in [4.69, 9.17) is 9.47 Å². The number of nitroso groups, excluding NO2 is 1. The number of benzene rings is 1. The van der Waals surface area contributed by atoms with Crippen LogP contribution in [0.15, 0.2) is 29.4 Å². The zero-order chi connectivity index (χ0) is 11.7. The monoisotopic (exact) mass is 233 g/mol. The Hall–Kier alpha value is -1.42. The van der Waals surface area contributed by atoms with Crippen LogP contribution in [0, 0.1) is 4.91 Å². The lowest BCUT2D eigenvalue weighted by atomic mass is 9.82. The van der Waals surface area contributed by atoms with Crippen LogP contribution in [0.5, 0.6) is 5.75 Å². The minimum Gasteiger partial charge on any atom is -0.487 e. The van der Waals surface area contributed by atoms with Crippen molar-refractivity contribution in [2.75, 3.05) is 13.2 Å². The third-order valence-electron chi connectivity index (χ3n) is 3.70. The van der Waals surface area contributed by atoms with Gasteiger partial charge in [-0.1, -0.05) is 23.4 Å². The fraction of sp³-hybridized carbons (Fsp3) is 0.538. The SMILES string of the molecule is O=NC1CC2(CCOCC2)Oc2ccccc21. The third-order valence-corrected chi connectivity index (χ3v) is 3.70. The predicted octanol–water partition coefficient (Wildman–Crippen LogP) is 2.83. The fourth-order valence-electron chi connectivity index (χ4n) is 2.73. The number of nitrogens with zero attached hydrogens (tertiary/aromatic N) is 1. The number of ether oxygens (including phenoxy) is 2. The maximum atomic E-state index is 11.0. The van der Waals surface area contributed by atoms with Crippen molar-refractivity contribution in [2.24, 2.45) is 5.18 Å². The van der Waals surface area contributed by atoms with Crippen molar-refractivity contribution in [2.45, 2.75) is 30.9 Å². The molecule has 1 aromatic carbocycles. The number of fused-ring (bicyclic) bond motifs is 1. The number of para-hydroxylation sites is 1. The molecule has 1 spiro atoms. The van der Waals surface area contributed by atoms with Gasteiger partial charge in [0.05, 0.1) is 13.2 Å². The molecular formula is C13H15NO3. The molecule has 0 radical (unpaired) electrons. The summed E-state index contributed by atoms with van der Waals surface area (Å²) in [7, 11) is 0. The summed E-state index contributed by atoms with van der Waals surface area (Å²) in [5, 5.41) is 3.27. The zero-order valence-electron chi connectivity index (χ0n) is 9.59. The minimum absolute atomic E-state index is 0.245. The van der Waals surface area contributed by atoms with Crippen LogP contribution in [0.2, 0.25) is 0 Å². The van der Waals surface area contributed by atoms with Crippen molar-refractivity contribution < 1.29 is 9.47 Å². The highest BCUT2D eigenvalue weighted by molar-refractivity contribution is 5.39. The summed E-state index contributed by atoms with van der Waals surface area (Å²) in [6.45, 7) is 1.40. The zero-order valence-corrected chi connectivity index (χ0v) is 9.59. The molecule has 0 saturated carbocycles. The Morgan fingerprint density at radius 2 is 2.00 bits per heavy atom. The van der Waals surface area contributed by atoms with Crippen LogP contribution < -0.4 is 4.74 Å². The number of hydrogen-bond acceptors (Lipinski definition) is 4. The molecule has 90 valence electrons. The van der Waals surface area contributed by atoms with Gasteiger partial charge < -0.3 is 9.47 Å². The van der Waals surface area contributed by atoms with E-state index in [-0.39, 0.29) is 11.6 Å². The quantitative estimate of drug-likeness (QED) is 0.701. The molecule has 1 fully saturated rings. The first kappa shape index (κ1) is 10.7. The van der Waals surface area contributed by atoms with Gasteiger partial charge in [0, 0.05) is 24.8 Å². The molecule has 4 heteroatoms. The highest BCUT2D eigenvalue weighted by atomic mass is 16.5. The Morgan fingerprint density at radius 3 is 2.76 bits per heavy atom. The molecular weight excluding hydrogens is 218 g/mol. The topological polar surface area (TPSA) is 47.9 Å². The second-order valence-electron chi connectivity index (χ2n) is 4.76. The van der Waals surface area contributed by atoms with E-state index in [1.807, 2.05) is 24.3 Å². The van der Waals surface area contributed by atoms with Crippen LogP contribution >= 0.6 is 0 Å². The van der Waals surface area contributed by atoms with Gasteiger partial charge in [-0.25, -0.2) is 0 Å². The first-order chi connectivity index (χ1) is 8.33. The lowest BCUT2D eigenvalue weighted by molar-refractivity contribution is -0.0620. The largest absolute Gasteiger partial charge is 0.487 e. The molecule has 1 aromatic rings.